The maximum atomic E-state index is 9.80. The van der Waals surface area contributed by atoms with Gasteiger partial charge < -0.3 is 5.11 Å². The number of hydrogen-bond acceptors (Lipinski definition) is 2. The summed E-state index contributed by atoms with van der Waals surface area (Å²) in [6, 6.07) is 0. The number of hydrogen-bond donors (Lipinski definition) is 1. The van der Waals surface area contributed by atoms with Crippen LogP contribution in [0.3, 0.4) is 0 Å². The van der Waals surface area contributed by atoms with Crippen LogP contribution in [0, 0.1) is 6.92 Å². The van der Waals surface area contributed by atoms with Crippen molar-refractivity contribution in [3.05, 3.63) is 16.4 Å². The molecule has 0 aromatic carbocycles. The molecule has 1 aromatic heterocycles. The van der Waals surface area contributed by atoms with Gasteiger partial charge in [-0.1, -0.05) is 31.4 Å². The average molecular weight is 231 g/mol. The zero-order valence-corrected chi connectivity index (χ0v) is 10.4. The van der Waals surface area contributed by atoms with Crippen molar-refractivity contribution in [2.45, 2.75) is 45.6 Å². The fourth-order valence-electron chi connectivity index (χ4n) is 1.68. The minimum Gasteiger partial charge on any atom is -0.393 e. The summed E-state index contributed by atoms with van der Waals surface area (Å²) in [5.41, 5.74) is 1.89. The molecule has 0 saturated heterocycles. The van der Waals surface area contributed by atoms with Gasteiger partial charge in [0.05, 0.1) is 11.8 Å². The van der Waals surface area contributed by atoms with E-state index in [0.29, 0.717) is 11.6 Å². The first-order chi connectivity index (χ1) is 7.06. The highest BCUT2D eigenvalue weighted by Crippen LogP contribution is 2.21. The van der Waals surface area contributed by atoms with Crippen LogP contribution in [0.5, 0.6) is 0 Å². The minimum absolute atomic E-state index is 0.301. The molecule has 0 fully saturated rings. The van der Waals surface area contributed by atoms with E-state index in [9.17, 15) is 5.11 Å². The molecule has 1 aromatic rings. The molecule has 1 unspecified atom stereocenters. The Morgan fingerprint density at radius 1 is 1.53 bits per heavy atom. The van der Waals surface area contributed by atoms with Gasteiger partial charge in [0.25, 0.3) is 0 Å². The van der Waals surface area contributed by atoms with Gasteiger partial charge in [-0.2, -0.15) is 5.10 Å². The molecule has 0 amide bonds. The van der Waals surface area contributed by atoms with Gasteiger partial charge in [-0.25, -0.2) is 0 Å². The van der Waals surface area contributed by atoms with Crippen LogP contribution in [0.1, 0.15) is 37.4 Å². The Bertz CT molecular complexity index is 323. The molecule has 1 heterocycles. The Kier molecular flexibility index (Phi) is 4.61. The molecular weight excluding hydrogens is 212 g/mol. The molecule has 0 spiro atoms. The van der Waals surface area contributed by atoms with Crippen LogP contribution < -0.4 is 0 Å². The van der Waals surface area contributed by atoms with E-state index < -0.39 is 0 Å². The highest BCUT2D eigenvalue weighted by Gasteiger charge is 2.14. The SMILES string of the molecule is CCCCC(O)Cc1c(C)nn(C)c1Cl. The summed E-state index contributed by atoms with van der Waals surface area (Å²) in [6.07, 6.45) is 3.31. The van der Waals surface area contributed by atoms with E-state index in [0.717, 1.165) is 30.5 Å². The van der Waals surface area contributed by atoms with Gasteiger partial charge in [0.2, 0.25) is 0 Å². The number of rotatable bonds is 5. The summed E-state index contributed by atoms with van der Waals surface area (Å²) in [5.74, 6) is 0. The van der Waals surface area contributed by atoms with Gasteiger partial charge in [0.1, 0.15) is 5.15 Å². The summed E-state index contributed by atoms with van der Waals surface area (Å²) >= 11 is 6.08. The molecule has 4 heteroatoms. The topological polar surface area (TPSA) is 38.1 Å². The second-order valence-electron chi connectivity index (χ2n) is 3.98. The van der Waals surface area contributed by atoms with Crippen molar-refractivity contribution in [3.63, 3.8) is 0 Å². The van der Waals surface area contributed by atoms with E-state index in [1.807, 2.05) is 14.0 Å². The Hall–Kier alpha value is -0.540. The lowest BCUT2D eigenvalue weighted by molar-refractivity contribution is 0.161. The van der Waals surface area contributed by atoms with Crippen LogP contribution in [0.2, 0.25) is 5.15 Å². The predicted octanol–water partition coefficient (Wildman–Crippen LogP) is 2.48. The zero-order valence-electron chi connectivity index (χ0n) is 9.63. The molecule has 1 atom stereocenters. The summed E-state index contributed by atoms with van der Waals surface area (Å²) in [4.78, 5) is 0. The van der Waals surface area contributed by atoms with Crippen molar-refractivity contribution in [1.29, 1.82) is 0 Å². The van der Waals surface area contributed by atoms with E-state index in [2.05, 4.69) is 12.0 Å². The summed E-state index contributed by atoms with van der Waals surface area (Å²) in [5, 5.41) is 14.7. The highest BCUT2D eigenvalue weighted by molar-refractivity contribution is 6.30. The molecule has 86 valence electrons. The fraction of sp³-hybridized carbons (Fsp3) is 0.727. The number of aryl methyl sites for hydroxylation is 2. The Labute approximate surface area is 96.1 Å². The normalized spacial score (nSPS) is 13.1. The standard InChI is InChI=1S/C11H19ClN2O/c1-4-5-6-9(15)7-10-8(2)13-14(3)11(10)12/h9,15H,4-7H2,1-3H3. The first kappa shape index (κ1) is 12.5. The van der Waals surface area contributed by atoms with Crippen LogP contribution >= 0.6 is 11.6 Å². The van der Waals surface area contributed by atoms with Crippen molar-refractivity contribution in [3.8, 4) is 0 Å². The number of aromatic nitrogens is 2. The van der Waals surface area contributed by atoms with Crippen LogP contribution in [0.4, 0.5) is 0 Å². The van der Waals surface area contributed by atoms with Crippen molar-refractivity contribution in [1.82, 2.24) is 9.78 Å². The smallest absolute Gasteiger partial charge is 0.130 e. The molecule has 0 aliphatic carbocycles. The monoisotopic (exact) mass is 230 g/mol. The second kappa shape index (κ2) is 5.52. The number of aliphatic hydroxyl groups is 1. The van der Waals surface area contributed by atoms with E-state index in [4.69, 9.17) is 11.6 Å². The molecule has 15 heavy (non-hydrogen) atoms. The lowest BCUT2D eigenvalue weighted by Gasteiger charge is -2.09. The van der Waals surface area contributed by atoms with Crippen LogP contribution in [-0.4, -0.2) is 21.0 Å². The van der Waals surface area contributed by atoms with Gasteiger partial charge in [0, 0.05) is 19.0 Å². The molecule has 1 N–H and O–H groups in total. The maximum Gasteiger partial charge on any atom is 0.130 e. The fourth-order valence-corrected chi connectivity index (χ4v) is 1.93. The van der Waals surface area contributed by atoms with Gasteiger partial charge in [0.15, 0.2) is 0 Å². The Balaban J connectivity index is 2.63. The van der Waals surface area contributed by atoms with E-state index in [1.54, 1.807) is 4.68 Å². The van der Waals surface area contributed by atoms with Crippen molar-refractivity contribution in [2.75, 3.05) is 0 Å². The maximum absolute atomic E-state index is 9.80. The minimum atomic E-state index is -0.301. The third-order valence-corrected chi connectivity index (χ3v) is 3.07. The second-order valence-corrected chi connectivity index (χ2v) is 4.34. The van der Waals surface area contributed by atoms with Gasteiger partial charge >= 0.3 is 0 Å². The lowest BCUT2D eigenvalue weighted by Crippen LogP contribution is -2.10. The van der Waals surface area contributed by atoms with Crippen LogP contribution in [0.15, 0.2) is 0 Å². The third-order valence-electron chi connectivity index (χ3n) is 2.60. The quantitative estimate of drug-likeness (QED) is 0.844. The lowest BCUT2D eigenvalue weighted by atomic mass is 10.0. The van der Waals surface area contributed by atoms with Crippen LogP contribution in [-0.2, 0) is 13.5 Å². The van der Waals surface area contributed by atoms with Crippen LogP contribution in [0.25, 0.3) is 0 Å². The third kappa shape index (κ3) is 3.21. The van der Waals surface area contributed by atoms with Gasteiger partial charge in [-0.15, -0.1) is 0 Å². The molecule has 1 rings (SSSR count). The van der Waals surface area contributed by atoms with Gasteiger partial charge in [-0.3, -0.25) is 4.68 Å². The predicted molar refractivity (Wildman–Crippen MR) is 62.2 cm³/mol. The van der Waals surface area contributed by atoms with Crippen molar-refractivity contribution >= 4 is 11.6 Å². The van der Waals surface area contributed by atoms with Gasteiger partial charge in [-0.05, 0) is 13.3 Å². The molecule has 0 saturated carbocycles. The number of halogens is 1. The highest BCUT2D eigenvalue weighted by atomic mass is 35.5. The zero-order chi connectivity index (χ0) is 11.4. The molecule has 0 aliphatic heterocycles. The molecular formula is C11H19ClN2O. The Morgan fingerprint density at radius 2 is 2.20 bits per heavy atom. The first-order valence-electron chi connectivity index (χ1n) is 5.42. The Morgan fingerprint density at radius 3 is 2.67 bits per heavy atom. The van der Waals surface area contributed by atoms with Crippen molar-refractivity contribution in [2.24, 2.45) is 7.05 Å². The van der Waals surface area contributed by atoms with E-state index in [-0.39, 0.29) is 6.10 Å². The molecule has 0 radical (unpaired) electrons. The summed E-state index contributed by atoms with van der Waals surface area (Å²) in [7, 11) is 1.82. The largest absolute Gasteiger partial charge is 0.393 e. The summed E-state index contributed by atoms with van der Waals surface area (Å²) in [6.45, 7) is 4.04. The average Bonchev–Trinajstić information content (AvgIpc) is 2.42. The van der Waals surface area contributed by atoms with E-state index in [1.165, 1.54) is 0 Å². The number of aliphatic hydroxyl groups excluding tert-OH is 1. The number of unbranched alkanes of at least 4 members (excludes halogenated alkanes) is 1. The molecule has 0 aliphatic rings. The number of nitrogens with zero attached hydrogens (tertiary/aromatic N) is 2. The first-order valence-corrected chi connectivity index (χ1v) is 5.80. The molecule has 3 nitrogen and oxygen atoms in total. The van der Waals surface area contributed by atoms with E-state index >= 15 is 0 Å². The summed E-state index contributed by atoms with van der Waals surface area (Å²) < 4.78 is 1.65. The van der Waals surface area contributed by atoms with Crippen molar-refractivity contribution < 1.29 is 5.11 Å². The molecule has 0 bridgehead atoms.